The molecule has 0 aliphatic carbocycles. The zero-order valence-corrected chi connectivity index (χ0v) is 8.86. The second-order valence-electron chi connectivity index (χ2n) is 4.01. The average molecular weight is 195 g/mol. The van der Waals surface area contributed by atoms with E-state index in [1.807, 2.05) is 13.0 Å². The molecule has 0 bridgehead atoms. The number of hydrogen-bond acceptors (Lipinski definition) is 4. The topological polar surface area (TPSA) is 32.5 Å². The normalized spacial score (nSPS) is 20.1. The van der Waals surface area contributed by atoms with Crippen molar-refractivity contribution in [1.29, 1.82) is 0 Å². The Balaban J connectivity index is 1.86. The van der Waals surface area contributed by atoms with E-state index in [9.17, 15) is 0 Å². The van der Waals surface area contributed by atoms with Crippen molar-refractivity contribution in [3.8, 4) is 0 Å². The third kappa shape index (κ3) is 2.33. The summed E-state index contributed by atoms with van der Waals surface area (Å²) in [5.41, 5.74) is 1.05. The van der Waals surface area contributed by atoms with Crippen LogP contribution in [-0.2, 0) is 6.54 Å². The first-order valence-corrected chi connectivity index (χ1v) is 5.07. The molecule has 0 saturated carbocycles. The van der Waals surface area contributed by atoms with Crippen molar-refractivity contribution < 1.29 is 4.52 Å². The molecule has 0 unspecified atom stereocenters. The molecule has 1 saturated heterocycles. The predicted octanol–water partition coefficient (Wildman–Crippen LogP) is 0.730. The highest BCUT2D eigenvalue weighted by Crippen LogP contribution is 2.07. The zero-order chi connectivity index (χ0) is 9.97. The number of aromatic nitrogens is 1. The van der Waals surface area contributed by atoms with Gasteiger partial charge in [0.2, 0.25) is 0 Å². The largest absolute Gasteiger partial charge is 0.361 e. The van der Waals surface area contributed by atoms with Crippen molar-refractivity contribution in [3.05, 3.63) is 17.5 Å². The second kappa shape index (κ2) is 4.11. The van der Waals surface area contributed by atoms with Crippen molar-refractivity contribution in [3.63, 3.8) is 0 Å². The lowest BCUT2D eigenvalue weighted by molar-refractivity contribution is 0.145. The van der Waals surface area contributed by atoms with E-state index >= 15 is 0 Å². The fourth-order valence-electron chi connectivity index (χ4n) is 1.73. The quantitative estimate of drug-likeness (QED) is 0.696. The van der Waals surface area contributed by atoms with Gasteiger partial charge in [-0.1, -0.05) is 5.16 Å². The van der Waals surface area contributed by atoms with Gasteiger partial charge in [0.25, 0.3) is 0 Å². The van der Waals surface area contributed by atoms with Crippen LogP contribution in [0.15, 0.2) is 10.6 Å². The minimum Gasteiger partial charge on any atom is -0.361 e. The fourth-order valence-corrected chi connectivity index (χ4v) is 1.73. The lowest BCUT2D eigenvalue weighted by atomic mass is 10.3. The monoisotopic (exact) mass is 195 g/mol. The summed E-state index contributed by atoms with van der Waals surface area (Å²) in [6.45, 7) is 7.41. The molecule has 0 amide bonds. The molecule has 2 rings (SSSR count). The highest BCUT2D eigenvalue weighted by atomic mass is 16.5. The van der Waals surface area contributed by atoms with Crippen LogP contribution < -0.4 is 0 Å². The highest BCUT2D eigenvalue weighted by Gasteiger charge is 2.14. The van der Waals surface area contributed by atoms with E-state index in [0.717, 1.165) is 44.2 Å². The molecule has 4 nitrogen and oxygen atoms in total. The number of nitrogens with zero attached hydrogens (tertiary/aromatic N) is 3. The molecule has 4 heteroatoms. The van der Waals surface area contributed by atoms with Crippen LogP contribution in [0.3, 0.4) is 0 Å². The van der Waals surface area contributed by atoms with Gasteiger partial charge in [0.15, 0.2) is 0 Å². The summed E-state index contributed by atoms with van der Waals surface area (Å²) in [6.07, 6.45) is 0. The minimum absolute atomic E-state index is 0.897. The molecule has 1 fully saturated rings. The van der Waals surface area contributed by atoms with Crippen LogP contribution in [0, 0.1) is 6.92 Å². The minimum atomic E-state index is 0.897. The van der Waals surface area contributed by atoms with Gasteiger partial charge in [-0.3, -0.25) is 4.90 Å². The molecule has 2 heterocycles. The first kappa shape index (κ1) is 9.68. The Kier molecular flexibility index (Phi) is 2.84. The second-order valence-corrected chi connectivity index (χ2v) is 4.01. The SMILES string of the molecule is Cc1cc(CN2CCN(C)CC2)no1. The third-order valence-electron chi connectivity index (χ3n) is 2.66. The maximum Gasteiger partial charge on any atom is 0.133 e. The molecule has 0 aromatic carbocycles. The van der Waals surface area contributed by atoms with Crippen LogP contribution >= 0.6 is 0 Å². The summed E-state index contributed by atoms with van der Waals surface area (Å²) < 4.78 is 5.04. The smallest absolute Gasteiger partial charge is 0.133 e. The maximum absolute atomic E-state index is 5.04. The summed E-state index contributed by atoms with van der Waals surface area (Å²) >= 11 is 0. The van der Waals surface area contributed by atoms with Crippen LogP contribution in [0.5, 0.6) is 0 Å². The van der Waals surface area contributed by atoms with Crippen LogP contribution in [-0.4, -0.2) is 48.2 Å². The van der Waals surface area contributed by atoms with E-state index in [2.05, 4.69) is 22.0 Å². The third-order valence-corrected chi connectivity index (χ3v) is 2.66. The molecule has 1 aromatic rings. The van der Waals surface area contributed by atoms with Crippen molar-refractivity contribution in [2.75, 3.05) is 33.2 Å². The number of hydrogen-bond donors (Lipinski definition) is 0. The molecule has 0 spiro atoms. The van der Waals surface area contributed by atoms with Crippen LogP contribution in [0.2, 0.25) is 0 Å². The Morgan fingerprint density at radius 2 is 2.07 bits per heavy atom. The average Bonchev–Trinajstić information content (AvgIpc) is 2.56. The van der Waals surface area contributed by atoms with Gasteiger partial charge in [0.1, 0.15) is 5.76 Å². The standard InChI is InChI=1S/C10H17N3O/c1-9-7-10(11-14-9)8-13-5-3-12(2)4-6-13/h7H,3-6,8H2,1-2H3. The highest BCUT2D eigenvalue weighted by molar-refractivity contribution is 5.03. The van der Waals surface area contributed by atoms with E-state index in [1.165, 1.54) is 0 Å². The van der Waals surface area contributed by atoms with Crippen LogP contribution in [0.1, 0.15) is 11.5 Å². The van der Waals surface area contributed by atoms with E-state index < -0.39 is 0 Å². The van der Waals surface area contributed by atoms with E-state index in [0.29, 0.717) is 0 Å². The fraction of sp³-hybridized carbons (Fsp3) is 0.700. The zero-order valence-electron chi connectivity index (χ0n) is 8.86. The molecule has 0 radical (unpaired) electrons. The summed E-state index contributed by atoms with van der Waals surface area (Å²) in [6, 6.07) is 2.01. The summed E-state index contributed by atoms with van der Waals surface area (Å²) in [7, 11) is 2.16. The van der Waals surface area contributed by atoms with Crippen molar-refractivity contribution in [2.45, 2.75) is 13.5 Å². The molecule has 1 aliphatic rings. The first-order chi connectivity index (χ1) is 6.74. The summed E-state index contributed by atoms with van der Waals surface area (Å²) in [5.74, 6) is 0.897. The van der Waals surface area contributed by atoms with Gasteiger partial charge in [-0.15, -0.1) is 0 Å². The van der Waals surface area contributed by atoms with Gasteiger partial charge in [0.05, 0.1) is 5.69 Å². The van der Waals surface area contributed by atoms with E-state index in [1.54, 1.807) is 0 Å². The number of rotatable bonds is 2. The van der Waals surface area contributed by atoms with Crippen molar-refractivity contribution >= 4 is 0 Å². The lowest BCUT2D eigenvalue weighted by Crippen LogP contribution is -2.43. The Hall–Kier alpha value is -0.870. The van der Waals surface area contributed by atoms with Gasteiger partial charge in [-0.05, 0) is 14.0 Å². The Bertz CT molecular complexity index is 289. The Labute approximate surface area is 84.5 Å². The molecule has 78 valence electrons. The van der Waals surface area contributed by atoms with Gasteiger partial charge < -0.3 is 9.42 Å². The number of aryl methyl sites for hydroxylation is 1. The van der Waals surface area contributed by atoms with Crippen molar-refractivity contribution in [2.24, 2.45) is 0 Å². The molecule has 14 heavy (non-hydrogen) atoms. The Morgan fingerprint density at radius 3 is 2.64 bits per heavy atom. The first-order valence-electron chi connectivity index (χ1n) is 5.07. The van der Waals surface area contributed by atoms with Crippen LogP contribution in [0.4, 0.5) is 0 Å². The Morgan fingerprint density at radius 1 is 1.36 bits per heavy atom. The molecule has 1 aliphatic heterocycles. The van der Waals surface area contributed by atoms with Crippen LogP contribution in [0.25, 0.3) is 0 Å². The summed E-state index contributed by atoms with van der Waals surface area (Å²) in [5, 5.41) is 4.00. The predicted molar refractivity (Wildman–Crippen MR) is 54.0 cm³/mol. The number of likely N-dealkylation sites (N-methyl/N-ethyl adjacent to an activating group) is 1. The maximum atomic E-state index is 5.04. The van der Waals surface area contributed by atoms with Gasteiger partial charge >= 0.3 is 0 Å². The lowest BCUT2D eigenvalue weighted by Gasteiger charge is -2.31. The van der Waals surface area contributed by atoms with Crippen molar-refractivity contribution in [1.82, 2.24) is 15.0 Å². The molecular formula is C10H17N3O. The number of piperazine rings is 1. The van der Waals surface area contributed by atoms with Gasteiger partial charge in [-0.25, -0.2) is 0 Å². The van der Waals surface area contributed by atoms with E-state index in [4.69, 9.17) is 4.52 Å². The van der Waals surface area contributed by atoms with Gasteiger partial charge in [0, 0.05) is 38.8 Å². The van der Waals surface area contributed by atoms with E-state index in [-0.39, 0.29) is 0 Å². The van der Waals surface area contributed by atoms with Gasteiger partial charge in [-0.2, -0.15) is 0 Å². The summed E-state index contributed by atoms with van der Waals surface area (Å²) in [4.78, 5) is 4.77. The molecule has 0 atom stereocenters. The molecule has 1 aromatic heterocycles. The molecular weight excluding hydrogens is 178 g/mol. The molecule has 0 N–H and O–H groups in total.